The van der Waals surface area contributed by atoms with Crippen molar-refractivity contribution in [2.45, 2.75) is 31.8 Å². The quantitative estimate of drug-likeness (QED) is 0.826. The van der Waals surface area contributed by atoms with Crippen LogP contribution < -0.4 is 5.32 Å². The molecule has 2 rings (SSSR count). The first kappa shape index (κ1) is 12.6. The lowest BCUT2D eigenvalue weighted by molar-refractivity contribution is -0.158. The number of benzene rings is 1. The van der Waals surface area contributed by atoms with E-state index in [9.17, 15) is 9.59 Å². The molecule has 1 fully saturated rings. The van der Waals surface area contributed by atoms with Crippen molar-refractivity contribution in [2.75, 3.05) is 6.54 Å². The Morgan fingerprint density at radius 2 is 2.11 bits per heavy atom. The lowest BCUT2D eigenvalue weighted by Crippen LogP contribution is -2.43. The number of carbonyl (C=O) groups is 2. The van der Waals surface area contributed by atoms with Crippen molar-refractivity contribution in [1.82, 2.24) is 5.32 Å². The number of rotatable bonds is 3. The second-order valence-electron chi connectivity index (χ2n) is 4.49. The minimum absolute atomic E-state index is 0.185. The van der Waals surface area contributed by atoms with Gasteiger partial charge in [0.15, 0.2) is 6.10 Å². The number of amides is 1. The van der Waals surface area contributed by atoms with Gasteiger partial charge in [0.2, 0.25) is 0 Å². The summed E-state index contributed by atoms with van der Waals surface area (Å²) in [5.74, 6) is -0.876. The summed E-state index contributed by atoms with van der Waals surface area (Å²) in [6, 6.07) is 9.43. The van der Waals surface area contributed by atoms with Gasteiger partial charge in [-0.05, 0) is 25.3 Å². The number of piperidine rings is 1. The highest BCUT2D eigenvalue weighted by Crippen LogP contribution is 2.18. The van der Waals surface area contributed by atoms with Gasteiger partial charge in [0, 0.05) is 6.54 Å². The van der Waals surface area contributed by atoms with E-state index in [4.69, 9.17) is 4.74 Å². The fourth-order valence-electron chi connectivity index (χ4n) is 1.98. The van der Waals surface area contributed by atoms with E-state index in [2.05, 4.69) is 5.32 Å². The van der Waals surface area contributed by atoms with Gasteiger partial charge in [-0.25, -0.2) is 0 Å². The first-order valence-electron chi connectivity index (χ1n) is 6.21. The first-order valence-corrected chi connectivity index (χ1v) is 6.21. The normalized spacial score (nSPS) is 20.9. The SMILES string of the molecule is C[C@@H](C(=O)O[C@H]1CCCNC1=O)c1ccccc1. The molecule has 1 aliphatic rings. The Morgan fingerprint density at radius 3 is 2.78 bits per heavy atom. The molecule has 1 heterocycles. The molecule has 18 heavy (non-hydrogen) atoms. The Hall–Kier alpha value is -1.84. The highest BCUT2D eigenvalue weighted by molar-refractivity contribution is 5.86. The Morgan fingerprint density at radius 1 is 1.39 bits per heavy atom. The summed E-state index contributed by atoms with van der Waals surface area (Å²) in [7, 11) is 0. The third kappa shape index (κ3) is 2.88. The van der Waals surface area contributed by atoms with Crippen LogP contribution in [0.4, 0.5) is 0 Å². The summed E-state index contributed by atoms with van der Waals surface area (Å²) in [4.78, 5) is 23.5. The topological polar surface area (TPSA) is 55.4 Å². The molecule has 96 valence electrons. The number of nitrogens with one attached hydrogen (secondary N) is 1. The van der Waals surface area contributed by atoms with Gasteiger partial charge >= 0.3 is 5.97 Å². The molecular formula is C14H17NO3. The number of hydrogen-bond acceptors (Lipinski definition) is 3. The highest BCUT2D eigenvalue weighted by atomic mass is 16.5. The number of hydrogen-bond donors (Lipinski definition) is 1. The summed E-state index contributed by atoms with van der Waals surface area (Å²) in [5.41, 5.74) is 0.902. The maximum absolute atomic E-state index is 12.0. The molecule has 0 saturated carbocycles. The van der Waals surface area contributed by atoms with Crippen LogP contribution in [0, 0.1) is 0 Å². The molecular weight excluding hydrogens is 230 g/mol. The Bertz CT molecular complexity index is 430. The molecule has 1 aromatic carbocycles. The third-order valence-electron chi connectivity index (χ3n) is 3.15. The van der Waals surface area contributed by atoms with Crippen LogP contribution in [0.25, 0.3) is 0 Å². The predicted octanol–water partition coefficient (Wildman–Crippen LogP) is 1.61. The Labute approximate surface area is 106 Å². The van der Waals surface area contributed by atoms with Gasteiger partial charge in [-0.2, -0.15) is 0 Å². The predicted molar refractivity (Wildman–Crippen MR) is 67.0 cm³/mol. The average molecular weight is 247 g/mol. The maximum Gasteiger partial charge on any atom is 0.313 e. The van der Waals surface area contributed by atoms with Crippen LogP contribution in [0.1, 0.15) is 31.2 Å². The second kappa shape index (κ2) is 5.67. The molecule has 4 nitrogen and oxygen atoms in total. The van der Waals surface area contributed by atoms with Crippen LogP contribution in [-0.4, -0.2) is 24.5 Å². The summed E-state index contributed by atoms with van der Waals surface area (Å²) in [6.07, 6.45) is 0.833. The Balaban J connectivity index is 1.97. The summed E-state index contributed by atoms with van der Waals surface area (Å²) in [5, 5.41) is 2.70. The zero-order chi connectivity index (χ0) is 13.0. The molecule has 1 saturated heterocycles. The summed E-state index contributed by atoms with van der Waals surface area (Å²) < 4.78 is 5.27. The van der Waals surface area contributed by atoms with Gasteiger partial charge < -0.3 is 10.1 Å². The molecule has 1 N–H and O–H groups in total. The van der Waals surface area contributed by atoms with Gasteiger partial charge in [0.1, 0.15) is 0 Å². The van der Waals surface area contributed by atoms with E-state index in [0.717, 1.165) is 12.0 Å². The molecule has 0 spiro atoms. The van der Waals surface area contributed by atoms with Crippen molar-refractivity contribution < 1.29 is 14.3 Å². The van der Waals surface area contributed by atoms with E-state index >= 15 is 0 Å². The zero-order valence-corrected chi connectivity index (χ0v) is 10.4. The standard InChI is InChI=1S/C14H17NO3/c1-10(11-6-3-2-4-7-11)14(17)18-12-8-5-9-15-13(12)16/h2-4,6-7,10,12H,5,8-9H2,1H3,(H,15,16)/t10-,12+/m1/s1. The molecule has 1 amide bonds. The van der Waals surface area contributed by atoms with Crippen molar-refractivity contribution in [3.05, 3.63) is 35.9 Å². The van der Waals surface area contributed by atoms with Gasteiger partial charge in [-0.15, -0.1) is 0 Å². The minimum Gasteiger partial charge on any atom is -0.452 e. The number of ether oxygens (including phenoxy) is 1. The second-order valence-corrected chi connectivity index (χ2v) is 4.49. The van der Waals surface area contributed by atoms with Gasteiger partial charge in [-0.3, -0.25) is 9.59 Å². The lowest BCUT2D eigenvalue weighted by Gasteiger charge is -2.23. The molecule has 0 radical (unpaired) electrons. The molecule has 4 heteroatoms. The van der Waals surface area contributed by atoms with E-state index in [1.54, 1.807) is 6.92 Å². The van der Waals surface area contributed by atoms with Crippen molar-refractivity contribution in [3.63, 3.8) is 0 Å². The van der Waals surface area contributed by atoms with E-state index in [1.165, 1.54) is 0 Å². The average Bonchev–Trinajstić information content (AvgIpc) is 2.41. The van der Waals surface area contributed by atoms with Crippen molar-refractivity contribution in [2.24, 2.45) is 0 Å². The number of carbonyl (C=O) groups excluding carboxylic acids is 2. The van der Waals surface area contributed by atoms with Crippen LogP contribution in [-0.2, 0) is 14.3 Å². The van der Waals surface area contributed by atoms with Gasteiger partial charge in [-0.1, -0.05) is 30.3 Å². The number of esters is 1. The molecule has 0 bridgehead atoms. The van der Waals surface area contributed by atoms with E-state index in [1.807, 2.05) is 30.3 Å². The van der Waals surface area contributed by atoms with Crippen LogP contribution in [0.2, 0.25) is 0 Å². The molecule has 2 atom stereocenters. The third-order valence-corrected chi connectivity index (χ3v) is 3.15. The molecule has 0 aromatic heterocycles. The highest BCUT2D eigenvalue weighted by Gasteiger charge is 2.28. The van der Waals surface area contributed by atoms with E-state index in [0.29, 0.717) is 13.0 Å². The van der Waals surface area contributed by atoms with Crippen LogP contribution in [0.3, 0.4) is 0 Å². The van der Waals surface area contributed by atoms with Crippen molar-refractivity contribution in [1.29, 1.82) is 0 Å². The van der Waals surface area contributed by atoms with Crippen molar-refractivity contribution >= 4 is 11.9 Å². The zero-order valence-electron chi connectivity index (χ0n) is 10.4. The van der Waals surface area contributed by atoms with Crippen molar-refractivity contribution in [3.8, 4) is 0 Å². The van der Waals surface area contributed by atoms with Crippen LogP contribution >= 0.6 is 0 Å². The first-order chi connectivity index (χ1) is 8.68. The van der Waals surface area contributed by atoms with E-state index < -0.39 is 6.10 Å². The molecule has 0 aliphatic carbocycles. The molecule has 1 aromatic rings. The van der Waals surface area contributed by atoms with Gasteiger partial charge in [0.25, 0.3) is 5.91 Å². The maximum atomic E-state index is 12.0. The lowest BCUT2D eigenvalue weighted by atomic mass is 10.0. The fraction of sp³-hybridized carbons (Fsp3) is 0.429. The molecule has 0 unspecified atom stereocenters. The summed E-state index contributed by atoms with van der Waals surface area (Å²) >= 11 is 0. The monoisotopic (exact) mass is 247 g/mol. The Kier molecular flexibility index (Phi) is 3.97. The summed E-state index contributed by atoms with van der Waals surface area (Å²) in [6.45, 7) is 2.46. The van der Waals surface area contributed by atoms with Crippen LogP contribution in [0.15, 0.2) is 30.3 Å². The largest absolute Gasteiger partial charge is 0.452 e. The fourth-order valence-corrected chi connectivity index (χ4v) is 1.98. The van der Waals surface area contributed by atoms with Crippen LogP contribution in [0.5, 0.6) is 0 Å². The van der Waals surface area contributed by atoms with Gasteiger partial charge in [0.05, 0.1) is 5.92 Å². The smallest absolute Gasteiger partial charge is 0.313 e. The van der Waals surface area contributed by atoms with E-state index in [-0.39, 0.29) is 17.8 Å². The minimum atomic E-state index is -0.627. The molecule has 1 aliphatic heterocycles.